The van der Waals surface area contributed by atoms with Crippen LogP contribution in [0.3, 0.4) is 0 Å². The summed E-state index contributed by atoms with van der Waals surface area (Å²) >= 11 is 0. The molecule has 0 aliphatic carbocycles. The van der Waals surface area contributed by atoms with Gasteiger partial charge in [0, 0.05) is 24.2 Å². The lowest BCUT2D eigenvalue weighted by Gasteiger charge is -2.12. The molecule has 2 nitrogen and oxygen atoms in total. The third kappa shape index (κ3) is 7.97. The molecule has 2 unspecified atom stereocenters. The van der Waals surface area contributed by atoms with Gasteiger partial charge in [-0.15, -0.1) is 0 Å². The van der Waals surface area contributed by atoms with Gasteiger partial charge in [-0.05, 0) is 51.4 Å². The Hall–Kier alpha value is -0.0800. The summed E-state index contributed by atoms with van der Waals surface area (Å²) in [5.74, 6) is 0. The molecule has 0 radical (unpaired) electrons. The van der Waals surface area contributed by atoms with E-state index < -0.39 is 0 Å². The minimum absolute atomic E-state index is 0.844. The van der Waals surface area contributed by atoms with Crippen molar-refractivity contribution in [3.63, 3.8) is 0 Å². The third-order valence-electron chi connectivity index (χ3n) is 5.22. The molecule has 2 rings (SSSR count). The highest BCUT2D eigenvalue weighted by molar-refractivity contribution is 4.83. The van der Waals surface area contributed by atoms with Gasteiger partial charge in [0.05, 0.1) is 0 Å². The Labute approximate surface area is 140 Å². The summed E-state index contributed by atoms with van der Waals surface area (Å²) in [5.41, 5.74) is 0. The minimum Gasteiger partial charge on any atom is -0.311 e. The van der Waals surface area contributed by atoms with E-state index >= 15 is 0 Å². The number of nitrogens with one attached hydrogen (secondary N) is 2. The average Bonchev–Trinajstić information content (AvgIpc) is 3.12. The Kier molecular flexibility index (Phi) is 11.2. The van der Waals surface area contributed by atoms with E-state index in [1.165, 1.54) is 77.0 Å². The fourth-order valence-corrected chi connectivity index (χ4v) is 4.11. The number of rotatable bonds is 8. The largest absolute Gasteiger partial charge is 0.311 e. The Morgan fingerprint density at radius 1 is 0.500 bits per heavy atom. The first-order chi connectivity index (χ1) is 10.7. The van der Waals surface area contributed by atoms with Gasteiger partial charge < -0.3 is 10.6 Å². The number of hydrogen-bond acceptors (Lipinski definition) is 2. The van der Waals surface area contributed by atoms with Crippen molar-refractivity contribution in [3.05, 3.63) is 0 Å². The molecule has 2 heterocycles. The summed E-state index contributed by atoms with van der Waals surface area (Å²) < 4.78 is 0. The Balaban J connectivity index is 0.000000220. The van der Waals surface area contributed by atoms with E-state index in [0.717, 1.165) is 24.2 Å². The van der Waals surface area contributed by atoms with Gasteiger partial charge in [-0.25, -0.2) is 0 Å². The molecule has 22 heavy (non-hydrogen) atoms. The normalized spacial score (nSPS) is 31.1. The van der Waals surface area contributed by atoms with Crippen LogP contribution in [0.25, 0.3) is 0 Å². The molecule has 2 N–H and O–H groups in total. The van der Waals surface area contributed by atoms with Crippen molar-refractivity contribution in [1.29, 1.82) is 0 Å². The average molecular weight is 311 g/mol. The highest BCUT2D eigenvalue weighted by atomic mass is 15.0. The molecule has 0 aromatic carbocycles. The van der Waals surface area contributed by atoms with Crippen molar-refractivity contribution in [2.75, 3.05) is 0 Å². The molecular formula is C20H42N2. The van der Waals surface area contributed by atoms with Crippen molar-refractivity contribution in [2.45, 2.75) is 129 Å². The zero-order chi connectivity index (χ0) is 16.2. The van der Waals surface area contributed by atoms with E-state index in [4.69, 9.17) is 0 Å². The molecule has 0 spiro atoms. The quantitative estimate of drug-likeness (QED) is 0.626. The first-order valence-electron chi connectivity index (χ1n) is 10.2. The van der Waals surface area contributed by atoms with Crippen LogP contribution in [-0.2, 0) is 0 Å². The lowest BCUT2D eigenvalue weighted by atomic mass is 10.1. The smallest absolute Gasteiger partial charge is 0.00701 e. The summed E-state index contributed by atoms with van der Waals surface area (Å²) in [6.45, 7) is 9.09. The first-order valence-corrected chi connectivity index (χ1v) is 10.2. The van der Waals surface area contributed by atoms with Gasteiger partial charge in [-0.3, -0.25) is 0 Å². The maximum Gasteiger partial charge on any atom is 0.00701 e. The molecule has 0 aromatic heterocycles. The second kappa shape index (κ2) is 12.4. The van der Waals surface area contributed by atoms with E-state index in [0.29, 0.717) is 0 Å². The van der Waals surface area contributed by atoms with E-state index in [2.05, 4.69) is 38.3 Å². The van der Waals surface area contributed by atoms with Gasteiger partial charge in [-0.1, -0.05) is 53.4 Å². The summed E-state index contributed by atoms with van der Waals surface area (Å²) in [5, 5.41) is 7.39. The first kappa shape index (κ1) is 20.0. The molecule has 0 bridgehead atoms. The fourth-order valence-electron chi connectivity index (χ4n) is 4.11. The van der Waals surface area contributed by atoms with Gasteiger partial charge >= 0.3 is 0 Å². The molecule has 2 aliphatic rings. The van der Waals surface area contributed by atoms with Crippen LogP contribution in [0.2, 0.25) is 0 Å². The standard InChI is InChI=1S/2C10H21N/c2*1-3-5-9-7-8-10(11-9)6-4-2/h2*9-11H,3-8H2,1-2H3/t9-,10-;/m1./s1. The van der Waals surface area contributed by atoms with E-state index in [1.807, 2.05) is 0 Å². The van der Waals surface area contributed by atoms with Crippen molar-refractivity contribution < 1.29 is 0 Å². The van der Waals surface area contributed by atoms with Crippen molar-refractivity contribution in [3.8, 4) is 0 Å². The van der Waals surface area contributed by atoms with Crippen LogP contribution >= 0.6 is 0 Å². The van der Waals surface area contributed by atoms with Gasteiger partial charge in [0.25, 0.3) is 0 Å². The van der Waals surface area contributed by atoms with Crippen LogP contribution in [0.15, 0.2) is 0 Å². The molecule has 0 saturated carbocycles. The highest BCUT2D eigenvalue weighted by Crippen LogP contribution is 2.19. The van der Waals surface area contributed by atoms with E-state index in [9.17, 15) is 0 Å². The molecule has 2 heteroatoms. The van der Waals surface area contributed by atoms with Crippen molar-refractivity contribution >= 4 is 0 Å². The molecule has 0 aromatic rings. The van der Waals surface area contributed by atoms with Crippen LogP contribution in [0.4, 0.5) is 0 Å². The van der Waals surface area contributed by atoms with Gasteiger partial charge in [0.1, 0.15) is 0 Å². The fraction of sp³-hybridized carbons (Fsp3) is 1.00. The maximum atomic E-state index is 3.69. The molecule has 0 amide bonds. The molecule has 4 atom stereocenters. The van der Waals surface area contributed by atoms with Gasteiger partial charge in [-0.2, -0.15) is 0 Å². The van der Waals surface area contributed by atoms with Crippen LogP contribution in [0, 0.1) is 0 Å². The molecular weight excluding hydrogens is 268 g/mol. The second-order valence-corrected chi connectivity index (χ2v) is 7.43. The Morgan fingerprint density at radius 2 is 0.727 bits per heavy atom. The van der Waals surface area contributed by atoms with Crippen molar-refractivity contribution in [2.24, 2.45) is 0 Å². The predicted molar refractivity (Wildman–Crippen MR) is 99.5 cm³/mol. The Bertz CT molecular complexity index is 204. The molecule has 2 aliphatic heterocycles. The number of hydrogen-bond donors (Lipinski definition) is 2. The predicted octanol–water partition coefficient (Wildman–Crippen LogP) is 5.41. The summed E-state index contributed by atoms with van der Waals surface area (Å²) in [6.07, 6.45) is 16.5. The van der Waals surface area contributed by atoms with Crippen LogP contribution < -0.4 is 10.6 Å². The summed E-state index contributed by atoms with van der Waals surface area (Å²) in [4.78, 5) is 0. The molecule has 132 valence electrons. The maximum absolute atomic E-state index is 3.69. The van der Waals surface area contributed by atoms with E-state index in [1.54, 1.807) is 0 Å². The summed E-state index contributed by atoms with van der Waals surface area (Å²) in [7, 11) is 0. The second-order valence-electron chi connectivity index (χ2n) is 7.43. The van der Waals surface area contributed by atoms with E-state index in [-0.39, 0.29) is 0 Å². The summed E-state index contributed by atoms with van der Waals surface area (Å²) in [6, 6.07) is 3.38. The highest BCUT2D eigenvalue weighted by Gasteiger charge is 2.22. The molecule has 2 fully saturated rings. The zero-order valence-corrected chi connectivity index (χ0v) is 15.8. The van der Waals surface area contributed by atoms with Crippen LogP contribution in [0.5, 0.6) is 0 Å². The lowest BCUT2D eigenvalue weighted by molar-refractivity contribution is 0.484. The topological polar surface area (TPSA) is 24.1 Å². The van der Waals surface area contributed by atoms with Crippen molar-refractivity contribution in [1.82, 2.24) is 10.6 Å². The minimum atomic E-state index is 0.844. The van der Waals surface area contributed by atoms with Crippen LogP contribution in [0.1, 0.15) is 105 Å². The SMILES string of the molecule is CCCC1CCC(CCC)N1.CCC[C@@H]1CC[C@@H](CCC)N1. The van der Waals surface area contributed by atoms with Crippen LogP contribution in [-0.4, -0.2) is 24.2 Å². The molecule has 2 saturated heterocycles. The monoisotopic (exact) mass is 310 g/mol. The third-order valence-corrected chi connectivity index (χ3v) is 5.22. The lowest BCUT2D eigenvalue weighted by Crippen LogP contribution is -2.28. The Morgan fingerprint density at radius 3 is 0.909 bits per heavy atom. The van der Waals surface area contributed by atoms with Gasteiger partial charge in [0.2, 0.25) is 0 Å². The van der Waals surface area contributed by atoms with Gasteiger partial charge in [0.15, 0.2) is 0 Å². The zero-order valence-electron chi connectivity index (χ0n) is 15.8.